The first kappa shape index (κ1) is 16.2. The molecule has 0 saturated heterocycles. The predicted octanol–water partition coefficient (Wildman–Crippen LogP) is 2.71. The topological polar surface area (TPSA) is 98.5 Å². The molecule has 6 nitrogen and oxygen atoms in total. The van der Waals surface area contributed by atoms with E-state index in [2.05, 4.69) is 0 Å². The van der Waals surface area contributed by atoms with Gasteiger partial charge in [0.25, 0.3) is 0 Å². The van der Waals surface area contributed by atoms with Crippen LogP contribution in [0.25, 0.3) is 22.3 Å². The van der Waals surface area contributed by atoms with E-state index in [0.717, 1.165) is 0 Å². The van der Waals surface area contributed by atoms with E-state index in [1.165, 1.54) is 18.2 Å². The number of para-hydroxylation sites is 1. The van der Waals surface area contributed by atoms with Crippen molar-refractivity contribution in [3.05, 3.63) is 68.9 Å². The number of hydrogen-bond acceptors (Lipinski definition) is 6. The Morgan fingerprint density at radius 3 is 2.04 bits per heavy atom. The second-order valence-corrected chi connectivity index (χ2v) is 5.17. The monoisotopic (exact) mass is 334 g/mol. The molecule has 0 aliphatic carbocycles. The Labute approximate surface area is 140 Å². The molecule has 2 aromatic carbocycles. The number of benzene rings is 2. The van der Waals surface area contributed by atoms with Crippen LogP contribution in [0.15, 0.2) is 45.6 Å². The summed E-state index contributed by atoms with van der Waals surface area (Å²) in [5, 5.41) is 0.223. The van der Waals surface area contributed by atoms with E-state index < -0.39 is 5.43 Å². The van der Waals surface area contributed by atoms with Crippen LogP contribution in [0.5, 0.6) is 0 Å². The summed E-state index contributed by atoms with van der Waals surface area (Å²) in [4.78, 5) is 57.9. The van der Waals surface area contributed by atoms with Crippen molar-refractivity contribution >= 4 is 36.1 Å². The van der Waals surface area contributed by atoms with Crippen molar-refractivity contribution in [1.29, 1.82) is 0 Å². The number of aldehydes is 4. The van der Waals surface area contributed by atoms with Crippen LogP contribution < -0.4 is 5.43 Å². The fourth-order valence-electron chi connectivity index (χ4n) is 2.68. The standard InChI is InChI=1S/C19H10O6/c20-7-11-5-6-12(15(9-22)14(11)8-21)19-16(10-23)18(24)13-3-1-2-4-17(13)25-19/h1-10H. The van der Waals surface area contributed by atoms with Gasteiger partial charge in [-0.1, -0.05) is 18.2 Å². The van der Waals surface area contributed by atoms with E-state index >= 15 is 0 Å². The highest BCUT2D eigenvalue weighted by Crippen LogP contribution is 2.30. The van der Waals surface area contributed by atoms with Gasteiger partial charge in [-0.15, -0.1) is 0 Å². The van der Waals surface area contributed by atoms with Crippen molar-refractivity contribution in [2.75, 3.05) is 0 Å². The number of carbonyl (C=O) groups is 4. The average Bonchev–Trinajstić information content (AvgIpc) is 2.66. The molecular formula is C19H10O6. The molecule has 0 radical (unpaired) electrons. The molecule has 0 aliphatic rings. The Balaban J connectivity index is 2.47. The number of fused-ring (bicyclic) bond motifs is 1. The second-order valence-electron chi connectivity index (χ2n) is 5.17. The lowest BCUT2D eigenvalue weighted by molar-refractivity contribution is 0.108. The minimum absolute atomic E-state index is 0.0247. The smallest absolute Gasteiger partial charge is 0.203 e. The molecule has 0 N–H and O–H groups in total. The SMILES string of the molecule is O=Cc1ccc(-c2oc3ccccc3c(=O)c2C=O)c(C=O)c1C=O. The van der Waals surface area contributed by atoms with Gasteiger partial charge in [0.05, 0.1) is 5.39 Å². The fraction of sp³-hybridized carbons (Fsp3) is 0. The van der Waals surface area contributed by atoms with Gasteiger partial charge < -0.3 is 4.42 Å². The third-order valence-corrected chi connectivity index (χ3v) is 3.88. The minimum Gasteiger partial charge on any atom is -0.455 e. The first-order chi connectivity index (χ1) is 12.2. The van der Waals surface area contributed by atoms with Crippen molar-refractivity contribution in [3.8, 4) is 11.3 Å². The molecule has 0 fully saturated rings. The maximum absolute atomic E-state index is 12.5. The normalized spacial score (nSPS) is 10.4. The number of rotatable bonds is 5. The average molecular weight is 334 g/mol. The molecule has 122 valence electrons. The van der Waals surface area contributed by atoms with Crippen molar-refractivity contribution < 1.29 is 23.6 Å². The van der Waals surface area contributed by atoms with Crippen LogP contribution in [0.1, 0.15) is 41.4 Å². The van der Waals surface area contributed by atoms with Crippen LogP contribution in [-0.4, -0.2) is 25.1 Å². The molecule has 3 rings (SSSR count). The van der Waals surface area contributed by atoms with E-state index in [4.69, 9.17) is 4.42 Å². The Morgan fingerprint density at radius 1 is 0.720 bits per heavy atom. The zero-order chi connectivity index (χ0) is 18.0. The maximum Gasteiger partial charge on any atom is 0.203 e. The molecule has 6 heteroatoms. The molecule has 0 aliphatic heterocycles. The summed E-state index contributed by atoms with van der Waals surface area (Å²) in [6, 6.07) is 9.04. The summed E-state index contributed by atoms with van der Waals surface area (Å²) < 4.78 is 5.67. The van der Waals surface area contributed by atoms with Gasteiger partial charge in [0, 0.05) is 22.3 Å². The Bertz CT molecular complexity index is 1090. The van der Waals surface area contributed by atoms with Gasteiger partial charge in [0.1, 0.15) is 16.9 Å². The Hall–Kier alpha value is -3.67. The number of hydrogen-bond donors (Lipinski definition) is 0. The lowest BCUT2D eigenvalue weighted by atomic mass is 9.94. The van der Waals surface area contributed by atoms with Crippen LogP contribution in [0, 0.1) is 0 Å². The van der Waals surface area contributed by atoms with Gasteiger partial charge in [0.15, 0.2) is 25.1 Å². The Morgan fingerprint density at radius 2 is 1.40 bits per heavy atom. The zero-order valence-corrected chi connectivity index (χ0v) is 12.7. The van der Waals surface area contributed by atoms with Crippen LogP contribution in [0.2, 0.25) is 0 Å². The highest BCUT2D eigenvalue weighted by atomic mass is 16.3. The summed E-state index contributed by atoms with van der Waals surface area (Å²) in [6.07, 6.45) is 1.54. The van der Waals surface area contributed by atoms with Crippen molar-refractivity contribution in [2.45, 2.75) is 0 Å². The molecule has 0 atom stereocenters. The van der Waals surface area contributed by atoms with Gasteiger partial charge >= 0.3 is 0 Å². The van der Waals surface area contributed by atoms with Gasteiger partial charge in [-0.05, 0) is 18.2 Å². The van der Waals surface area contributed by atoms with Gasteiger partial charge in [-0.2, -0.15) is 0 Å². The fourth-order valence-corrected chi connectivity index (χ4v) is 2.68. The summed E-state index contributed by atoms with van der Waals surface area (Å²) in [5.74, 6) is -0.124. The molecule has 0 saturated carbocycles. The summed E-state index contributed by atoms with van der Waals surface area (Å²) >= 11 is 0. The van der Waals surface area contributed by atoms with E-state index in [0.29, 0.717) is 25.1 Å². The number of carbonyl (C=O) groups excluding carboxylic acids is 4. The quantitative estimate of drug-likeness (QED) is 0.665. The van der Waals surface area contributed by atoms with Crippen molar-refractivity contribution in [3.63, 3.8) is 0 Å². The largest absolute Gasteiger partial charge is 0.455 e. The van der Waals surface area contributed by atoms with Gasteiger partial charge in [0.2, 0.25) is 5.43 Å². The Kier molecular flexibility index (Phi) is 4.18. The van der Waals surface area contributed by atoms with Crippen LogP contribution >= 0.6 is 0 Å². The van der Waals surface area contributed by atoms with Crippen molar-refractivity contribution in [2.24, 2.45) is 0 Å². The van der Waals surface area contributed by atoms with E-state index in [-0.39, 0.29) is 44.5 Å². The summed E-state index contributed by atoms with van der Waals surface area (Å²) in [6.45, 7) is 0. The molecule has 25 heavy (non-hydrogen) atoms. The van der Waals surface area contributed by atoms with E-state index in [1.54, 1.807) is 18.2 Å². The lowest BCUT2D eigenvalue weighted by Crippen LogP contribution is -2.11. The first-order valence-corrected chi connectivity index (χ1v) is 7.20. The molecule has 0 bridgehead atoms. The second kappa shape index (κ2) is 6.45. The molecule has 3 aromatic rings. The molecule has 1 aromatic heterocycles. The van der Waals surface area contributed by atoms with E-state index in [1.807, 2.05) is 0 Å². The summed E-state index contributed by atoms with van der Waals surface area (Å²) in [7, 11) is 0. The molecule has 1 heterocycles. The van der Waals surface area contributed by atoms with Gasteiger partial charge in [-0.3, -0.25) is 24.0 Å². The third kappa shape index (κ3) is 2.49. The lowest BCUT2D eigenvalue weighted by Gasteiger charge is -2.11. The first-order valence-electron chi connectivity index (χ1n) is 7.20. The zero-order valence-electron chi connectivity index (χ0n) is 12.7. The third-order valence-electron chi connectivity index (χ3n) is 3.88. The highest BCUT2D eigenvalue weighted by Gasteiger charge is 2.21. The van der Waals surface area contributed by atoms with Crippen LogP contribution in [0.3, 0.4) is 0 Å². The van der Waals surface area contributed by atoms with E-state index in [9.17, 15) is 24.0 Å². The predicted molar refractivity (Wildman–Crippen MR) is 89.5 cm³/mol. The highest BCUT2D eigenvalue weighted by molar-refractivity contribution is 6.04. The molecule has 0 unspecified atom stereocenters. The maximum atomic E-state index is 12.5. The van der Waals surface area contributed by atoms with Crippen LogP contribution in [-0.2, 0) is 0 Å². The molecular weight excluding hydrogens is 324 g/mol. The molecule has 0 amide bonds. The van der Waals surface area contributed by atoms with Gasteiger partial charge in [-0.25, -0.2) is 0 Å². The molecule has 0 spiro atoms. The summed E-state index contributed by atoms with van der Waals surface area (Å²) in [5.41, 5.74) is -0.717. The van der Waals surface area contributed by atoms with Crippen molar-refractivity contribution in [1.82, 2.24) is 0 Å². The van der Waals surface area contributed by atoms with Crippen LogP contribution in [0.4, 0.5) is 0 Å². The minimum atomic E-state index is -0.546.